The third kappa shape index (κ3) is 4.41. The fourth-order valence-corrected chi connectivity index (χ4v) is 5.38. The summed E-state index contributed by atoms with van der Waals surface area (Å²) in [6.07, 6.45) is 3.37. The summed E-state index contributed by atoms with van der Waals surface area (Å²) >= 11 is 0. The number of H-pyrrole nitrogens is 1. The van der Waals surface area contributed by atoms with E-state index in [4.69, 9.17) is 9.47 Å². The van der Waals surface area contributed by atoms with Gasteiger partial charge in [0.15, 0.2) is 0 Å². The monoisotopic (exact) mass is 475 g/mol. The lowest BCUT2D eigenvalue weighted by Crippen LogP contribution is -2.63. The molecule has 0 unspecified atom stereocenters. The second kappa shape index (κ2) is 10.1. The molecule has 1 aromatic heterocycles. The van der Waals surface area contributed by atoms with Gasteiger partial charge in [-0.25, -0.2) is 0 Å². The van der Waals surface area contributed by atoms with Gasteiger partial charge in [-0.15, -0.1) is 0 Å². The lowest BCUT2D eigenvalue weighted by molar-refractivity contribution is -0.158. The van der Waals surface area contributed by atoms with Gasteiger partial charge < -0.3 is 24.3 Å². The largest absolute Gasteiger partial charge is 0.497 e. The molecule has 2 aliphatic heterocycles. The molecule has 7 heteroatoms. The Morgan fingerprint density at radius 2 is 1.89 bits per heavy atom. The van der Waals surface area contributed by atoms with Gasteiger partial charge in [-0.05, 0) is 42.2 Å². The molecule has 0 bridgehead atoms. The summed E-state index contributed by atoms with van der Waals surface area (Å²) in [6, 6.07) is 15.0. The van der Waals surface area contributed by atoms with Crippen molar-refractivity contribution in [1.82, 2.24) is 14.8 Å². The van der Waals surface area contributed by atoms with Gasteiger partial charge in [0, 0.05) is 42.8 Å². The Hall–Kier alpha value is -3.32. The lowest BCUT2D eigenvalue weighted by atomic mass is 9.86. The highest BCUT2D eigenvalue weighted by Crippen LogP contribution is 2.43. The summed E-state index contributed by atoms with van der Waals surface area (Å²) in [7, 11) is 1.64. The molecule has 7 nitrogen and oxygen atoms in total. The molecule has 1 saturated heterocycles. The second-order valence-corrected chi connectivity index (χ2v) is 9.34. The van der Waals surface area contributed by atoms with Gasteiger partial charge in [0.2, 0.25) is 11.8 Å². The van der Waals surface area contributed by atoms with Crippen LogP contribution in [0.5, 0.6) is 5.75 Å². The highest BCUT2D eigenvalue weighted by atomic mass is 16.5. The number of hydrogen-bond acceptors (Lipinski definition) is 4. The van der Waals surface area contributed by atoms with Crippen molar-refractivity contribution in [1.29, 1.82) is 0 Å². The predicted octanol–water partition coefficient (Wildman–Crippen LogP) is 4.07. The average Bonchev–Trinajstić information content (AvgIpc) is 3.26. The van der Waals surface area contributed by atoms with E-state index in [1.807, 2.05) is 42.5 Å². The van der Waals surface area contributed by atoms with Crippen molar-refractivity contribution in [3.63, 3.8) is 0 Å². The normalized spacial score (nSPS) is 19.7. The number of aromatic nitrogens is 1. The van der Waals surface area contributed by atoms with Crippen LogP contribution in [0.15, 0.2) is 48.5 Å². The maximum atomic E-state index is 13.7. The highest BCUT2D eigenvalue weighted by Gasteiger charge is 2.48. The highest BCUT2D eigenvalue weighted by molar-refractivity contribution is 5.97. The number of para-hydroxylation sites is 1. The van der Waals surface area contributed by atoms with E-state index in [1.165, 1.54) is 0 Å². The number of amides is 2. The molecule has 3 aromatic rings. The zero-order valence-electron chi connectivity index (χ0n) is 20.5. The molecule has 2 amide bonds. The van der Waals surface area contributed by atoms with E-state index >= 15 is 0 Å². The topological polar surface area (TPSA) is 74.9 Å². The molecule has 0 radical (unpaired) electrons. The number of unbranched alkanes of at least 4 members (excludes halogenated alkanes) is 1. The molecule has 35 heavy (non-hydrogen) atoms. The minimum Gasteiger partial charge on any atom is -0.497 e. The average molecular weight is 476 g/mol. The van der Waals surface area contributed by atoms with Crippen molar-refractivity contribution in [3.05, 3.63) is 65.4 Å². The molecule has 3 heterocycles. The summed E-state index contributed by atoms with van der Waals surface area (Å²) in [5, 5.41) is 1.11. The molecular weight excluding hydrogens is 442 g/mol. The Balaban J connectivity index is 1.47. The van der Waals surface area contributed by atoms with Crippen molar-refractivity contribution in [2.24, 2.45) is 0 Å². The number of piperazine rings is 1. The van der Waals surface area contributed by atoms with E-state index in [9.17, 15) is 9.59 Å². The van der Waals surface area contributed by atoms with Crippen LogP contribution in [-0.4, -0.2) is 66.1 Å². The molecule has 184 valence electrons. The number of carbonyl (C=O) groups excluding carboxylic acids is 2. The Bertz CT molecular complexity index is 1220. The number of ether oxygens (including phenoxy) is 2. The van der Waals surface area contributed by atoms with Crippen molar-refractivity contribution < 1.29 is 19.1 Å². The molecule has 1 N–H and O–H groups in total. The number of methoxy groups -OCH3 is 1. The number of nitrogens with one attached hydrogen (secondary N) is 1. The first kappa shape index (κ1) is 23.4. The van der Waals surface area contributed by atoms with E-state index in [2.05, 4.69) is 18.0 Å². The van der Waals surface area contributed by atoms with E-state index < -0.39 is 6.04 Å². The van der Waals surface area contributed by atoms with Gasteiger partial charge in [-0.2, -0.15) is 0 Å². The van der Waals surface area contributed by atoms with Gasteiger partial charge in [0.1, 0.15) is 11.8 Å². The van der Waals surface area contributed by atoms with Crippen molar-refractivity contribution in [3.8, 4) is 5.75 Å². The van der Waals surface area contributed by atoms with Crippen LogP contribution in [0, 0.1) is 0 Å². The molecule has 1 fully saturated rings. The van der Waals surface area contributed by atoms with Crippen LogP contribution in [0.1, 0.15) is 49.0 Å². The molecule has 0 spiro atoms. The van der Waals surface area contributed by atoms with Gasteiger partial charge in [0.25, 0.3) is 0 Å². The van der Waals surface area contributed by atoms with Crippen LogP contribution >= 0.6 is 0 Å². The SMILES string of the molecule is CCCCOCCCN1CC(=O)N2[C@H](c3cccc(OC)c3)c3[nH]c4ccccc4c3C[C@H]2C1=O. The van der Waals surface area contributed by atoms with Crippen molar-refractivity contribution in [2.75, 3.05) is 33.4 Å². The summed E-state index contributed by atoms with van der Waals surface area (Å²) < 4.78 is 11.1. The Labute approximate surface area is 206 Å². The Morgan fingerprint density at radius 3 is 2.71 bits per heavy atom. The molecular formula is C28H33N3O4. The molecule has 2 atom stereocenters. The summed E-state index contributed by atoms with van der Waals surface area (Å²) in [5.41, 5.74) is 4.04. The zero-order valence-corrected chi connectivity index (χ0v) is 20.5. The first-order valence-corrected chi connectivity index (χ1v) is 12.5. The number of nitrogens with zero attached hydrogens (tertiary/aromatic N) is 2. The summed E-state index contributed by atoms with van der Waals surface area (Å²) in [5.74, 6) is 0.711. The van der Waals surface area contributed by atoms with E-state index in [-0.39, 0.29) is 24.4 Å². The number of benzene rings is 2. The molecule has 0 aliphatic carbocycles. The third-order valence-electron chi connectivity index (χ3n) is 7.11. The standard InChI is InChI=1S/C28H33N3O4/c1-3-4-14-35-15-8-13-30-18-25(32)31-24(28(30)33)17-22-21-11-5-6-12-23(21)29-26(22)27(31)19-9-7-10-20(16-19)34-2/h5-7,9-12,16,24,27,29H,3-4,8,13-15,17-18H2,1-2H3/t24-,27+/m0/s1. The first-order valence-electron chi connectivity index (χ1n) is 12.5. The minimum absolute atomic E-state index is 0.0157. The van der Waals surface area contributed by atoms with Crippen LogP contribution in [0.25, 0.3) is 10.9 Å². The van der Waals surface area contributed by atoms with Crippen LogP contribution in [-0.2, 0) is 20.7 Å². The van der Waals surface area contributed by atoms with Gasteiger partial charge in [0.05, 0.1) is 19.7 Å². The number of rotatable bonds is 9. The second-order valence-electron chi connectivity index (χ2n) is 9.34. The lowest BCUT2D eigenvalue weighted by Gasteiger charge is -2.47. The van der Waals surface area contributed by atoms with Crippen molar-refractivity contribution in [2.45, 2.75) is 44.7 Å². The molecule has 2 aliphatic rings. The van der Waals surface area contributed by atoms with Crippen LogP contribution in [0.3, 0.4) is 0 Å². The fraction of sp³-hybridized carbons (Fsp3) is 0.429. The Morgan fingerprint density at radius 1 is 1.06 bits per heavy atom. The summed E-state index contributed by atoms with van der Waals surface area (Å²) in [6.45, 7) is 4.11. The molecule has 5 rings (SSSR count). The summed E-state index contributed by atoms with van der Waals surface area (Å²) in [4.78, 5) is 34.3. The predicted molar refractivity (Wildman–Crippen MR) is 134 cm³/mol. The quantitative estimate of drug-likeness (QED) is 0.474. The van der Waals surface area contributed by atoms with E-state index in [0.29, 0.717) is 19.6 Å². The third-order valence-corrected chi connectivity index (χ3v) is 7.11. The van der Waals surface area contributed by atoms with Crippen molar-refractivity contribution >= 4 is 22.7 Å². The van der Waals surface area contributed by atoms with Crippen LogP contribution < -0.4 is 4.74 Å². The van der Waals surface area contributed by atoms with Crippen LogP contribution in [0.2, 0.25) is 0 Å². The van der Waals surface area contributed by atoms with Gasteiger partial charge in [-0.1, -0.05) is 43.7 Å². The maximum absolute atomic E-state index is 13.7. The molecule has 2 aromatic carbocycles. The van der Waals surface area contributed by atoms with E-state index in [0.717, 1.165) is 59.3 Å². The van der Waals surface area contributed by atoms with Gasteiger partial charge in [-0.3, -0.25) is 9.59 Å². The smallest absolute Gasteiger partial charge is 0.246 e. The Kier molecular flexibility index (Phi) is 6.77. The van der Waals surface area contributed by atoms with Crippen LogP contribution in [0.4, 0.5) is 0 Å². The first-order chi connectivity index (χ1) is 17.1. The number of hydrogen-bond donors (Lipinski definition) is 1. The van der Waals surface area contributed by atoms with Gasteiger partial charge >= 0.3 is 0 Å². The number of aromatic amines is 1. The zero-order chi connectivity index (χ0) is 24.4. The molecule has 0 saturated carbocycles. The van der Waals surface area contributed by atoms with E-state index in [1.54, 1.807) is 16.9 Å². The fourth-order valence-electron chi connectivity index (χ4n) is 5.38. The number of carbonyl (C=O) groups is 2. The maximum Gasteiger partial charge on any atom is 0.246 e. The minimum atomic E-state index is -0.528. The number of fused-ring (bicyclic) bond motifs is 4.